The Bertz CT molecular complexity index is 1220. The van der Waals surface area contributed by atoms with Gasteiger partial charge in [-0.1, -0.05) is 295 Å². The van der Waals surface area contributed by atoms with Crippen LogP contribution in [-0.2, 0) is 28.6 Å². The van der Waals surface area contributed by atoms with Crippen LogP contribution in [-0.4, -0.2) is 37.2 Å². The van der Waals surface area contributed by atoms with E-state index in [1.165, 1.54) is 244 Å². The van der Waals surface area contributed by atoms with Crippen molar-refractivity contribution in [2.45, 2.75) is 361 Å². The number of esters is 3. The van der Waals surface area contributed by atoms with Gasteiger partial charge in [-0.2, -0.15) is 0 Å². The molecular weight excluding hydrogens is 901 g/mol. The molecule has 0 bridgehead atoms. The molecule has 0 fully saturated rings. The number of carbonyl (C=O) groups excluding carboxylic acids is 3. The number of hydrogen-bond acceptors (Lipinski definition) is 6. The SMILES string of the molecule is CCCCCCC/C=C\C/C=C\CCCCCCCCCCCCCCCCCCCCCCCC(=O)OCC(COC(=O)CCCCCCC)OC(=O)CCCCCCCCC/C=C\CCCCCCCC. The highest BCUT2D eigenvalue weighted by molar-refractivity contribution is 5.71. The van der Waals surface area contributed by atoms with Gasteiger partial charge in [0, 0.05) is 19.3 Å². The summed E-state index contributed by atoms with van der Waals surface area (Å²) in [5, 5.41) is 0. The topological polar surface area (TPSA) is 78.9 Å². The van der Waals surface area contributed by atoms with Crippen LogP contribution in [0.4, 0.5) is 0 Å². The fourth-order valence-electron chi connectivity index (χ4n) is 9.71. The minimum Gasteiger partial charge on any atom is -0.462 e. The van der Waals surface area contributed by atoms with Gasteiger partial charge >= 0.3 is 17.9 Å². The number of ether oxygens (including phenoxy) is 3. The van der Waals surface area contributed by atoms with Gasteiger partial charge in [0.05, 0.1) is 0 Å². The lowest BCUT2D eigenvalue weighted by Gasteiger charge is -2.18. The summed E-state index contributed by atoms with van der Waals surface area (Å²) in [7, 11) is 0. The number of carbonyl (C=O) groups is 3. The van der Waals surface area contributed by atoms with Gasteiger partial charge in [0.1, 0.15) is 13.2 Å². The van der Waals surface area contributed by atoms with Gasteiger partial charge in [-0.25, -0.2) is 0 Å². The molecule has 6 heteroatoms. The molecule has 73 heavy (non-hydrogen) atoms. The van der Waals surface area contributed by atoms with E-state index in [0.717, 1.165) is 70.6 Å². The molecule has 0 aromatic rings. The molecule has 6 nitrogen and oxygen atoms in total. The first-order chi connectivity index (χ1) is 36.0. The second-order valence-corrected chi connectivity index (χ2v) is 22.0. The van der Waals surface area contributed by atoms with E-state index in [-0.39, 0.29) is 31.1 Å². The van der Waals surface area contributed by atoms with E-state index >= 15 is 0 Å². The molecule has 1 unspecified atom stereocenters. The van der Waals surface area contributed by atoms with Gasteiger partial charge in [0.2, 0.25) is 0 Å². The minimum absolute atomic E-state index is 0.0696. The van der Waals surface area contributed by atoms with Crippen LogP contribution < -0.4 is 0 Å². The average molecular weight is 1030 g/mol. The quantitative estimate of drug-likeness (QED) is 0.0261. The number of rotatable bonds is 60. The van der Waals surface area contributed by atoms with E-state index in [2.05, 4.69) is 57.2 Å². The molecule has 0 aromatic carbocycles. The summed E-state index contributed by atoms with van der Waals surface area (Å²) < 4.78 is 16.8. The van der Waals surface area contributed by atoms with Crippen molar-refractivity contribution in [3.63, 3.8) is 0 Å². The zero-order valence-electron chi connectivity index (χ0n) is 49.2. The number of unbranched alkanes of at least 4 members (excludes halogenated alkanes) is 43. The summed E-state index contributed by atoms with van der Waals surface area (Å²) in [5.41, 5.74) is 0. The Morgan fingerprint density at radius 2 is 0.493 bits per heavy atom. The Morgan fingerprint density at radius 3 is 0.767 bits per heavy atom. The van der Waals surface area contributed by atoms with E-state index in [1.807, 2.05) is 0 Å². The molecule has 0 heterocycles. The molecule has 0 aliphatic heterocycles. The van der Waals surface area contributed by atoms with Gasteiger partial charge in [-0.05, 0) is 77.0 Å². The first kappa shape index (κ1) is 70.6. The Morgan fingerprint density at radius 1 is 0.274 bits per heavy atom. The molecule has 0 aliphatic carbocycles. The van der Waals surface area contributed by atoms with Crippen molar-refractivity contribution in [3.8, 4) is 0 Å². The zero-order chi connectivity index (χ0) is 52.9. The summed E-state index contributed by atoms with van der Waals surface area (Å²) >= 11 is 0. The Labute approximate surface area is 455 Å². The largest absolute Gasteiger partial charge is 0.462 e. The summed E-state index contributed by atoms with van der Waals surface area (Å²) in [6.07, 6.45) is 76.5. The van der Waals surface area contributed by atoms with Crippen LogP contribution in [0, 0.1) is 0 Å². The smallest absolute Gasteiger partial charge is 0.306 e. The summed E-state index contributed by atoms with van der Waals surface area (Å²) in [6.45, 7) is 6.58. The van der Waals surface area contributed by atoms with Crippen molar-refractivity contribution in [3.05, 3.63) is 36.5 Å². The van der Waals surface area contributed by atoms with Crippen LogP contribution in [0.2, 0.25) is 0 Å². The fourth-order valence-corrected chi connectivity index (χ4v) is 9.71. The standard InChI is InChI=1S/C67H124O6/c1-4-7-10-13-15-17-19-21-23-25-26-27-28-29-30-31-32-33-34-35-36-37-38-39-40-42-43-45-47-49-51-54-57-60-66(69)72-63-64(62-71-65(68)59-56-53-12-9-6-3)73-67(70)61-58-55-52-50-48-46-44-41-24-22-20-18-16-14-11-8-5-2/h19,21-22,24-26,64H,4-18,20,23,27-63H2,1-3H3/b21-19-,24-22-,26-25-. The predicted molar refractivity (Wildman–Crippen MR) is 316 cm³/mol. The van der Waals surface area contributed by atoms with Crippen molar-refractivity contribution < 1.29 is 28.6 Å². The summed E-state index contributed by atoms with van der Waals surface area (Å²) in [5.74, 6) is -0.869. The first-order valence-electron chi connectivity index (χ1n) is 32.5. The molecule has 1 atom stereocenters. The van der Waals surface area contributed by atoms with Crippen LogP contribution in [0.1, 0.15) is 355 Å². The van der Waals surface area contributed by atoms with Crippen molar-refractivity contribution in [1.29, 1.82) is 0 Å². The van der Waals surface area contributed by atoms with Gasteiger partial charge < -0.3 is 14.2 Å². The second kappa shape index (κ2) is 62.2. The molecule has 0 spiro atoms. The molecule has 0 radical (unpaired) electrons. The maximum Gasteiger partial charge on any atom is 0.306 e. The van der Waals surface area contributed by atoms with E-state index < -0.39 is 6.10 Å². The van der Waals surface area contributed by atoms with Crippen molar-refractivity contribution >= 4 is 17.9 Å². The molecule has 0 rings (SSSR count). The second-order valence-electron chi connectivity index (χ2n) is 22.0. The van der Waals surface area contributed by atoms with Crippen molar-refractivity contribution in [2.75, 3.05) is 13.2 Å². The van der Waals surface area contributed by atoms with Crippen LogP contribution >= 0.6 is 0 Å². The molecule has 0 aliphatic rings. The Hall–Kier alpha value is -2.37. The average Bonchev–Trinajstić information content (AvgIpc) is 3.39. The minimum atomic E-state index is -0.768. The van der Waals surface area contributed by atoms with E-state index in [4.69, 9.17) is 14.2 Å². The van der Waals surface area contributed by atoms with E-state index in [9.17, 15) is 14.4 Å². The molecule has 0 saturated carbocycles. The van der Waals surface area contributed by atoms with Gasteiger partial charge in [0.25, 0.3) is 0 Å². The molecule has 0 N–H and O–H groups in total. The molecule has 0 amide bonds. The van der Waals surface area contributed by atoms with Crippen LogP contribution in [0.3, 0.4) is 0 Å². The third kappa shape index (κ3) is 60.4. The van der Waals surface area contributed by atoms with Crippen molar-refractivity contribution in [1.82, 2.24) is 0 Å². The lowest BCUT2D eigenvalue weighted by Crippen LogP contribution is -2.30. The number of allylic oxidation sites excluding steroid dienone is 6. The molecular formula is C67H124O6. The lowest BCUT2D eigenvalue weighted by molar-refractivity contribution is -0.167. The normalized spacial score (nSPS) is 12.2. The highest BCUT2D eigenvalue weighted by atomic mass is 16.6. The van der Waals surface area contributed by atoms with E-state index in [0.29, 0.717) is 19.3 Å². The fraction of sp³-hybridized carbons (Fsp3) is 0.866. The summed E-state index contributed by atoms with van der Waals surface area (Å²) in [6, 6.07) is 0. The molecule has 0 aromatic heterocycles. The monoisotopic (exact) mass is 1020 g/mol. The zero-order valence-corrected chi connectivity index (χ0v) is 49.2. The third-order valence-corrected chi connectivity index (χ3v) is 14.6. The van der Waals surface area contributed by atoms with Gasteiger partial charge in [-0.3, -0.25) is 14.4 Å². The Balaban J connectivity index is 3.89. The highest BCUT2D eigenvalue weighted by Gasteiger charge is 2.19. The highest BCUT2D eigenvalue weighted by Crippen LogP contribution is 2.18. The number of hydrogen-bond donors (Lipinski definition) is 0. The van der Waals surface area contributed by atoms with Crippen LogP contribution in [0.15, 0.2) is 36.5 Å². The maximum absolute atomic E-state index is 12.8. The maximum atomic E-state index is 12.8. The molecule has 0 saturated heterocycles. The summed E-state index contributed by atoms with van der Waals surface area (Å²) in [4.78, 5) is 37.9. The van der Waals surface area contributed by atoms with Crippen LogP contribution in [0.5, 0.6) is 0 Å². The van der Waals surface area contributed by atoms with Crippen LogP contribution in [0.25, 0.3) is 0 Å². The predicted octanol–water partition coefficient (Wildman–Crippen LogP) is 22.0. The first-order valence-corrected chi connectivity index (χ1v) is 32.5. The van der Waals surface area contributed by atoms with E-state index in [1.54, 1.807) is 0 Å². The van der Waals surface area contributed by atoms with Crippen molar-refractivity contribution in [2.24, 2.45) is 0 Å². The molecule has 428 valence electrons. The Kier molecular flexibility index (Phi) is 60.2. The lowest BCUT2D eigenvalue weighted by atomic mass is 10.0. The van der Waals surface area contributed by atoms with Gasteiger partial charge in [-0.15, -0.1) is 0 Å². The van der Waals surface area contributed by atoms with Gasteiger partial charge in [0.15, 0.2) is 6.10 Å². The third-order valence-electron chi connectivity index (χ3n) is 14.6.